The summed E-state index contributed by atoms with van der Waals surface area (Å²) < 4.78 is 1.83. The maximum atomic E-state index is 4.99. The van der Waals surface area contributed by atoms with Gasteiger partial charge in [0.2, 0.25) is 0 Å². The molecule has 5 nitrogen and oxygen atoms in total. The summed E-state index contributed by atoms with van der Waals surface area (Å²) in [7, 11) is 1.93. The van der Waals surface area contributed by atoms with Gasteiger partial charge >= 0.3 is 0 Å². The van der Waals surface area contributed by atoms with Gasteiger partial charge in [-0.05, 0) is 41.5 Å². The molecule has 6 rings (SSSR count). The number of hydrogen-bond acceptors (Lipinski definition) is 4. The lowest BCUT2D eigenvalue weighted by atomic mass is 9.91. The Kier molecular flexibility index (Phi) is 5.43. The molecule has 0 saturated carbocycles. The Hall–Kier alpha value is -4.51. The van der Waals surface area contributed by atoms with E-state index in [9.17, 15) is 0 Å². The van der Waals surface area contributed by atoms with Crippen molar-refractivity contribution < 1.29 is 0 Å². The van der Waals surface area contributed by atoms with E-state index >= 15 is 0 Å². The first-order valence-electron chi connectivity index (χ1n) is 11.8. The number of fused-ring (bicyclic) bond motifs is 2. The first-order valence-corrected chi connectivity index (χ1v) is 11.8. The van der Waals surface area contributed by atoms with Crippen molar-refractivity contribution in [3.8, 4) is 11.4 Å². The van der Waals surface area contributed by atoms with Crippen molar-refractivity contribution in [1.29, 1.82) is 0 Å². The van der Waals surface area contributed by atoms with Crippen molar-refractivity contribution in [3.05, 3.63) is 120 Å². The van der Waals surface area contributed by atoms with Gasteiger partial charge in [0.25, 0.3) is 0 Å². The molecule has 170 valence electrons. The Morgan fingerprint density at radius 1 is 0.743 bits per heavy atom. The van der Waals surface area contributed by atoms with E-state index in [4.69, 9.17) is 9.97 Å². The molecule has 2 heterocycles. The number of para-hydroxylation sites is 1. The van der Waals surface area contributed by atoms with Crippen molar-refractivity contribution in [2.75, 3.05) is 11.9 Å². The average Bonchev–Trinajstić information content (AvgIpc) is 3.29. The normalized spacial score (nSPS) is 11.4. The smallest absolute Gasteiger partial charge is 0.162 e. The molecule has 0 unspecified atom stereocenters. The molecular weight excluding hydrogens is 430 g/mol. The highest BCUT2D eigenvalue weighted by Crippen LogP contribution is 2.29. The van der Waals surface area contributed by atoms with Gasteiger partial charge in [-0.3, -0.25) is 4.68 Å². The molecule has 0 spiro atoms. The van der Waals surface area contributed by atoms with Crippen LogP contribution in [-0.4, -0.2) is 26.3 Å². The van der Waals surface area contributed by atoms with Crippen LogP contribution in [0.1, 0.15) is 17.0 Å². The fraction of sp³-hybridized carbons (Fsp3) is 0.100. The summed E-state index contributed by atoms with van der Waals surface area (Å²) in [4.78, 5) is 9.88. The Labute approximate surface area is 204 Å². The highest BCUT2D eigenvalue weighted by Gasteiger charge is 2.16. The molecule has 0 radical (unpaired) electrons. The average molecular weight is 456 g/mol. The van der Waals surface area contributed by atoms with Gasteiger partial charge in [-0.2, -0.15) is 5.10 Å². The molecule has 4 aromatic carbocycles. The summed E-state index contributed by atoms with van der Waals surface area (Å²) in [5, 5.41) is 10.2. The first-order chi connectivity index (χ1) is 17.2. The van der Waals surface area contributed by atoms with Gasteiger partial charge in [-0.15, -0.1) is 0 Å². The predicted molar refractivity (Wildman–Crippen MR) is 142 cm³/mol. The molecule has 0 aliphatic rings. The molecule has 0 atom stereocenters. The van der Waals surface area contributed by atoms with Crippen molar-refractivity contribution >= 4 is 27.6 Å². The van der Waals surface area contributed by atoms with Crippen LogP contribution in [0.25, 0.3) is 33.2 Å². The van der Waals surface area contributed by atoms with Crippen molar-refractivity contribution in [3.63, 3.8) is 0 Å². The second-order valence-corrected chi connectivity index (χ2v) is 8.74. The van der Waals surface area contributed by atoms with Crippen LogP contribution in [0.2, 0.25) is 0 Å². The summed E-state index contributed by atoms with van der Waals surface area (Å²) in [5.74, 6) is 1.74. The van der Waals surface area contributed by atoms with E-state index < -0.39 is 0 Å². The molecule has 2 aromatic heterocycles. The van der Waals surface area contributed by atoms with E-state index in [1.54, 1.807) is 0 Å². The zero-order chi connectivity index (χ0) is 23.6. The van der Waals surface area contributed by atoms with E-state index in [2.05, 4.69) is 83.2 Å². The third kappa shape index (κ3) is 4.24. The zero-order valence-electron chi connectivity index (χ0n) is 19.5. The largest absolute Gasteiger partial charge is 0.368 e. The van der Waals surface area contributed by atoms with E-state index in [1.807, 2.05) is 48.3 Å². The van der Waals surface area contributed by atoms with Crippen LogP contribution in [-0.2, 0) is 7.05 Å². The molecule has 0 saturated heterocycles. The topological polar surface area (TPSA) is 55.6 Å². The Bertz CT molecular complexity index is 1570. The second-order valence-electron chi connectivity index (χ2n) is 8.74. The number of aromatic nitrogens is 4. The third-order valence-electron chi connectivity index (χ3n) is 6.36. The van der Waals surface area contributed by atoms with Crippen LogP contribution in [0.15, 0.2) is 109 Å². The maximum absolute atomic E-state index is 4.99. The van der Waals surface area contributed by atoms with Crippen LogP contribution >= 0.6 is 0 Å². The Morgan fingerprint density at radius 3 is 2.17 bits per heavy atom. The molecule has 5 heteroatoms. The summed E-state index contributed by atoms with van der Waals surface area (Å²) in [6.07, 6.45) is 2.02. The van der Waals surface area contributed by atoms with Gasteiger partial charge in [0.1, 0.15) is 5.82 Å². The number of nitrogens with zero attached hydrogens (tertiary/aromatic N) is 4. The maximum Gasteiger partial charge on any atom is 0.162 e. The summed E-state index contributed by atoms with van der Waals surface area (Å²) in [6.45, 7) is 0.718. The summed E-state index contributed by atoms with van der Waals surface area (Å²) in [5.41, 5.74) is 5.40. The lowest BCUT2D eigenvalue weighted by molar-refractivity contribution is 0.780. The minimum atomic E-state index is 0.196. The Morgan fingerprint density at radius 2 is 1.43 bits per heavy atom. The molecule has 6 aromatic rings. The third-order valence-corrected chi connectivity index (χ3v) is 6.36. The fourth-order valence-corrected chi connectivity index (χ4v) is 4.63. The summed E-state index contributed by atoms with van der Waals surface area (Å²) >= 11 is 0. The van der Waals surface area contributed by atoms with Crippen LogP contribution in [0.5, 0.6) is 0 Å². The first kappa shape index (κ1) is 21.1. The number of anilines is 1. The quantitative estimate of drug-likeness (QED) is 0.315. The highest BCUT2D eigenvalue weighted by atomic mass is 15.2. The molecule has 35 heavy (non-hydrogen) atoms. The SMILES string of the molecule is Cn1cc2cc(-c3nc(NCC(c4ccccc4)c4ccccc4)c4ccccc4n3)ccc2n1. The number of aryl methyl sites for hydroxylation is 1. The van der Waals surface area contributed by atoms with Gasteiger partial charge in [0.15, 0.2) is 5.82 Å². The van der Waals surface area contributed by atoms with E-state index in [0.717, 1.165) is 39.7 Å². The molecule has 1 N–H and O–H groups in total. The minimum absolute atomic E-state index is 0.196. The standard InChI is InChI=1S/C30H25N5/c1-35-20-24-18-23(16-17-27(24)34-35)29-32-28-15-9-8-14-25(28)30(33-29)31-19-26(21-10-4-2-5-11-21)22-12-6-3-7-13-22/h2-18,20,26H,19H2,1H3,(H,31,32,33). The van der Waals surface area contributed by atoms with E-state index in [1.165, 1.54) is 11.1 Å². The van der Waals surface area contributed by atoms with Crippen LogP contribution in [0.3, 0.4) is 0 Å². The number of hydrogen-bond donors (Lipinski definition) is 1. The Balaban J connectivity index is 1.40. The zero-order valence-corrected chi connectivity index (χ0v) is 19.5. The van der Waals surface area contributed by atoms with Crippen LogP contribution < -0.4 is 5.32 Å². The fourth-order valence-electron chi connectivity index (χ4n) is 4.63. The molecule has 0 bridgehead atoms. The van der Waals surface area contributed by atoms with Crippen LogP contribution in [0, 0.1) is 0 Å². The lowest BCUT2D eigenvalue weighted by Crippen LogP contribution is -2.15. The van der Waals surface area contributed by atoms with E-state index in [-0.39, 0.29) is 5.92 Å². The van der Waals surface area contributed by atoms with Gasteiger partial charge < -0.3 is 5.32 Å². The van der Waals surface area contributed by atoms with E-state index in [0.29, 0.717) is 5.82 Å². The monoisotopic (exact) mass is 455 g/mol. The molecule has 0 aliphatic carbocycles. The van der Waals surface area contributed by atoms with Crippen molar-refractivity contribution in [2.24, 2.45) is 7.05 Å². The molecule has 0 amide bonds. The number of nitrogens with one attached hydrogen (secondary N) is 1. The van der Waals surface area contributed by atoms with Gasteiger partial charge in [0.05, 0.1) is 11.0 Å². The highest BCUT2D eigenvalue weighted by molar-refractivity contribution is 5.91. The second kappa shape index (κ2) is 9.03. The molecular formula is C30H25N5. The van der Waals surface area contributed by atoms with Gasteiger partial charge in [-0.25, -0.2) is 9.97 Å². The van der Waals surface area contributed by atoms with Gasteiger partial charge in [-0.1, -0.05) is 72.8 Å². The predicted octanol–water partition coefficient (Wildman–Crippen LogP) is 6.43. The summed E-state index contributed by atoms with van der Waals surface area (Å²) in [6, 6.07) is 35.6. The lowest BCUT2D eigenvalue weighted by Gasteiger charge is -2.20. The van der Waals surface area contributed by atoms with Crippen molar-refractivity contribution in [2.45, 2.75) is 5.92 Å². The molecule has 0 fully saturated rings. The van der Waals surface area contributed by atoms with Crippen LogP contribution in [0.4, 0.5) is 5.82 Å². The van der Waals surface area contributed by atoms with Gasteiger partial charge in [0, 0.05) is 42.0 Å². The van der Waals surface area contributed by atoms with Crippen molar-refractivity contribution in [1.82, 2.24) is 19.7 Å². The number of benzene rings is 4. The number of rotatable bonds is 6. The minimum Gasteiger partial charge on any atom is -0.368 e. The molecule has 0 aliphatic heterocycles.